The number of nitrogens with zero attached hydrogens (tertiary/aromatic N) is 2. The van der Waals surface area contributed by atoms with E-state index in [-0.39, 0.29) is 17.1 Å². The van der Waals surface area contributed by atoms with Crippen molar-refractivity contribution in [3.05, 3.63) is 48.0 Å². The van der Waals surface area contributed by atoms with Crippen molar-refractivity contribution in [1.82, 2.24) is 0 Å². The van der Waals surface area contributed by atoms with Gasteiger partial charge in [0, 0.05) is 7.05 Å². The summed E-state index contributed by atoms with van der Waals surface area (Å²) in [5.41, 5.74) is -1.18. The lowest BCUT2D eigenvalue weighted by Gasteiger charge is -2.24. The molecule has 5 nitrogen and oxygen atoms in total. The highest BCUT2D eigenvalue weighted by Crippen LogP contribution is 2.45. The van der Waals surface area contributed by atoms with Gasteiger partial charge < -0.3 is 0 Å². The molecule has 1 heterocycles. The molecule has 1 aliphatic rings. The fourth-order valence-electron chi connectivity index (χ4n) is 2.74. The minimum Gasteiger partial charge on any atom is -0.276 e. The third kappa shape index (κ3) is 2.80. The van der Waals surface area contributed by atoms with E-state index < -0.39 is 38.4 Å². The fourth-order valence-corrected chi connectivity index (χ4v) is 4.22. The average Bonchev–Trinajstić information content (AvgIpc) is 2.66. The van der Waals surface area contributed by atoms with Crippen molar-refractivity contribution in [2.24, 2.45) is 0 Å². The number of hydrogen-bond acceptors (Lipinski definition) is 3. The third-order valence-electron chi connectivity index (χ3n) is 3.99. The molecule has 0 saturated heterocycles. The van der Waals surface area contributed by atoms with E-state index in [1.807, 2.05) is 0 Å². The van der Waals surface area contributed by atoms with Crippen LogP contribution < -0.4 is 9.21 Å². The SMILES string of the molecule is CN1c2ccccc2N(C(=O)CCl)c2cc(C(F)(F)F)ccc2S1(=O)=O. The molecule has 138 valence electrons. The van der Waals surface area contributed by atoms with Gasteiger partial charge in [0.15, 0.2) is 0 Å². The maximum absolute atomic E-state index is 13.1. The van der Waals surface area contributed by atoms with Crippen molar-refractivity contribution >= 4 is 44.6 Å². The lowest BCUT2D eigenvalue weighted by atomic mass is 10.1. The van der Waals surface area contributed by atoms with Crippen LogP contribution in [0, 0.1) is 0 Å². The van der Waals surface area contributed by atoms with Gasteiger partial charge in [-0.05, 0) is 30.3 Å². The Balaban J connectivity index is 2.43. The molecule has 1 amide bonds. The smallest absolute Gasteiger partial charge is 0.276 e. The van der Waals surface area contributed by atoms with Crippen molar-refractivity contribution in [2.45, 2.75) is 11.1 Å². The van der Waals surface area contributed by atoms with E-state index in [1.54, 1.807) is 12.1 Å². The minimum atomic E-state index is -4.70. The summed E-state index contributed by atoms with van der Waals surface area (Å²) in [6, 6.07) is 8.18. The van der Waals surface area contributed by atoms with Crippen LogP contribution in [0.2, 0.25) is 0 Å². The summed E-state index contributed by atoms with van der Waals surface area (Å²) in [7, 11) is -2.91. The molecule has 0 saturated carbocycles. The molecule has 0 aromatic heterocycles. The molecule has 0 N–H and O–H groups in total. The molecule has 0 bridgehead atoms. The Hall–Kier alpha value is -2.26. The first-order valence-electron chi connectivity index (χ1n) is 7.27. The van der Waals surface area contributed by atoms with Gasteiger partial charge in [-0.15, -0.1) is 11.6 Å². The number of benzene rings is 2. The zero-order valence-corrected chi connectivity index (χ0v) is 14.9. The van der Waals surface area contributed by atoms with E-state index >= 15 is 0 Å². The number of rotatable bonds is 1. The number of fused-ring (bicyclic) bond motifs is 2. The number of alkyl halides is 4. The molecule has 3 rings (SSSR count). The summed E-state index contributed by atoms with van der Waals surface area (Å²) in [6.07, 6.45) is -4.70. The van der Waals surface area contributed by atoms with E-state index in [2.05, 4.69) is 0 Å². The van der Waals surface area contributed by atoms with Gasteiger partial charge in [0.25, 0.3) is 10.0 Å². The molecule has 0 atom stereocenters. The summed E-state index contributed by atoms with van der Waals surface area (Å²) in [6.45, 7) is 0. The molecule has 0 fully saturated rings. The van der Waals surface area contributed by atoms with Crippen LogP contribution in [0.4, 0.5) is 30.2 Å². The zero-order chi connectivity index (χ0) is 19.3. The van der Waals surface area contributed by atoms with E-state index in [1.165, 1.54) is 19.2 Å². The zero-order valence-electron chi connectivity index (χ0n) is 13.3. The van der Waals surface area contributed by atoms with Gasteiger partial charge in [0.05, 0.1) is 22.6 Å². The van der Waals surface area contributed by atoms with Crippen LogP contribution >= 0.6 is 11.6 Å². The number of anilines is 3. The summed E-state index contributed by atoms with van der Waals surface area (Å²) in [4.78, 5) is 12.9. The van der Waals surface area contributed by atoms with Crippen LogP contribution in [0.15, 0.2) is 47.4 Å². The first-order valence-corrected chi connectivity index (χ1v) is 9.24. The topological polar surface area (TPSA) is 57.7 Å². The fraction of sp³-hybridized carbons (Fsp3) is 0.188. The van der Waals surface area contributed by atoms with E-state index in [0.29, 0.717) is 12.1 Å². The van der Waals surface area contributed by atoms with Crippen molar-refractivity contribution in [2.75, 3.05) is 22.1 Å². The van der Waals surface area contributed by atoms with Crippen LogP contribution in [-0.2, 0) is 21.0 Å². The lowest BCUT2D eigenvalue weighted by molar-refractivity contribution is -0.137. The normalized spacial score (nSPS) is 15.9. The summed E-state index contributed by atoms with van der Waals surface area (Å²) in [5, 5.41) is 0. The molecular formula is C16H12ClF3N2O3S. The van der Waals surface area contributed by atoms with Crippen LogP contribution in [0.1, 0.15) is 5.56 Å². The molecule has 0 spiro atoms. The highest BCUT2D eigenvalue weighted by Gasteiger charge is 2.39. The van der Waals surface area contributed by atoms with Crippen LogP contribution in [0.5, 0.6) is 0 Å². The predicted molar refractivity (Wildman–Crippen MR) is 91.3 cm³/mol. The standard InChI is InChI=1S/C16H12ClF3N2O3S/c1-21-11-4-2-3-5-12(11)22(15(23)9-17)13-8-10(16(18,19)20)6-7-14(13)26(21,24)25/h2-8H,9H2,1H3. The Morgan fingerprint density at radius 3 is 2.27 bits per heavy atom. The van der Waals surface area contributed by atoms with Gasteiger partial charge in [-0.3, -0.25) is 14.0 Å². The molecule has 2 aromatic carbocycles. The number of para-hydroxylation sites is 2. The largest absolute Gasteiger partial charge is 0.416 e. The molecule has 0 aliphatic carbocycles. The number of carbonyl (C=O) groups is 1. The summed E-state index contributed by atoms with van der Waals surface area (Å²) < 4.78 is 66.1. The molecule has 1 aliphatic heterocycles. The lowest BCUT2D eigenvalue weighted by Crippen LogP contribution is -2.27. The second-order valence-corrected chi connectivity index (χ2v) is 7.71. The number of halogens is 4. The van der Waals surface area contributed by atoms with Crippen molar-refractivity contribution in [1.29, 1.82) is 0 Å². The maximum Gasteiger partial charge on any atom is 0.416 e. The van der Waals surface area contributed by atoms with Crippen molar-refractivity contribution in [3.63, 3.8) is 0 Å². The number of sulfonamides is 1. The molecule has 2 aromatic rings. The molecular weight excluding hydrogens is 393 g/mol. The van der Waals surface area contributed by atoms with Gasteiger partial charge >= 0.3 is 6.18 Å². The second-order valence-electron chi connectivity index (χ2n) is 5.50. The van der Waals surface area contributed by atoms with Gasteiger partial charge in [0.2, 0.25) is 5.91 Å². The van der Waals surface area contributed by atoms with Crippen LogP contribution in [-0.4, -0.2) is 27.3 Å². The second kappa shape index (κ2) is 6.17. The van der Waals surface area contributed by atoms with E-state index in [4.69, 9.17) is 11.6 Å². The first-order chi connectivity index (χ1) is 12.1. The Labute approximate surface area is 152 Å². The van der Waals surface area contributed by atoms with Crippen LogP contribution in [0.3, 0.4) is 0 Å². The monoisotopic (exact) mass is 404 g/mol. The van der Waals surface area contributed by atoms with Gasteiger partial charge in [-0.1, -0.05) is 12.1 Å². The Kier molecular flexibility index (Phi) is 4.40. The minimum absolute atomic E-state index is 0.127. The quantitative estimate of drug-likeness (QED) is 0.680. The summed E-state index contributed by atoms with van der Waals surface area (Å²) >= 11 is 5.63. The Bertz CT molecular complexity index is 992. The highest BCUT2D eigenvalue weighted by molar-refractivity contribution is 7.93. The number of amides is 1. The maximum atomic E-state index is 13.1. The van der Waals surface area contributed by atoms with Gasteiger partial charge in [0.1, 0.15) is 10.8 Å². The van der Waals surface area contributed by atoms with E-state index in [0.717, 1.165) is 15.3 Å². The first kappa shape index (κ1) is 18.5. The van der Waals surface area contributed by atoms with Crippen LogP contribution in [0.25, 0.3) is 0 Å². The Morgan fingerprint density at radius 2 is 1.69 bits per heavy atom. The predicted octanol–water partition coefficient (Wildman–Crippen LogP) is 3.75. The third-order valence-corrected chi connectivity index (χ3v) is 6.04. The number of hydrogen-bond donors (Lipinski definition) is 0. The van der Waals surface area contributed by atoms with Crippen molar-refractivity contribution in [3.8, 4) is 0 Å². The molecule has 0 unspecified atom stereocenters. The van der Waals surface area contributed by atoms with Crippen molar-refractivity contribution < 1.29 is 26.4 Å². The van der Waals surface area contributed by atoms with Gasteiger partial charge in [-0.2, -0.15) is 13.2 Å². The van der Waals surface area contributed by atoms with Gasteiger partial charge in [-0.25, -0.2) is 8.42 Å². The Morgan fingerprint density at radius 1 is 1.08 bits per heavy atom. The van der Waals surface area contributed by atoms with E-state index in [9.17, 15) is 26.4 Å². The highest BCUT2D eigenvalue weighted by atomic mass is 35.5. The average molecular weight is 405 g/mol. The molecule has 0 radical (unpaired) electrons. The molecule has 26 heavy (non-hydrogen) atoms. The number of carbonyl (C=O) groups excluding carboxylic acids is 1. The summed E-state index contributed by atoms with van der Waals surface area (Å²) in [5.74, 6) is -1.28. The molecule has 10 heteroatoms.